The summed E-state index contributed by atoms with van der Waals surface area (Å²) >= 11 is 0. The molecule has 0 bridgehead atoms. The first kappa shape index (κ1) is 20.4. The summed E-state index contributed by atoms with van der Waals surface area (Å²) in [6.45, 7) is -0.00265. The van der Waals surface area contributed by atoms with Crippen molar-refractivity contribution in [3.63, 3.8) is 0 Å². The maximum Gasteiger partial charge on any atom is 0.408 e. The molecular formula is C19H21NO6S. The summed E-state index contributed by atoms with van der Waals surface area (Å²) in [5.74, 6) is -1.69. The molecule has 2 aromatic carbocycles. The monoisotopic (exact) mass is 391 g/mol. The van der Waals surface area contributed by atoms with Crippen LogP contribution in [-0.4, -0.2) is 39.4 Å². The van der Waals surface area contributed by atoms with E-state index >= 15 is 0 Å². The average molecular weight is 391 g/mol. The molecule has 7 nitrogen and oxygen atoms in total. The molecule has 1 amide bonds. The second-order valence-corrected chi connectivity index (χ2v) is 7.93. The molecule has 0 aliphatic heterocycles. The molecule has 0 heterocycles. The van der Waals surface area contributed by atoms with Gasteiger partial charge in [0.2, 0.25) is 0 Å². The molecule has 0 saturated heterocycles. The minimum atomic E-state index is -3.67. The highest BCUT2D eigenvalue weighted by Gasteiger charge is 2.28. The lowest BCUT2D eigenvalue weighted by atomic mass is 10.2. The van der Waals surface area contributed by atoms with Crippen LogP contribution in [0, 0.1) is 0 Å². The Morgan fingerprint density at radius 2 is 1.52 bits per heavy atom. The fourth-order valence-corrected chi connectivity index (χ4v) is 3.90. The Morgan fingerprint density at radius 3 is 2.07 bits per heavy atom. The summed E-state index contributed by atoms with van der Waals surface area (Å²) < 4.78 is 34.4. The minimum Gasteiger partial charge on any atom is -0.467 e. The van der Waals surface area contributed by atoms with Crippen molar-refractivity contribution in [2.24, 2.45) is 0 Å². The van der Waals surface area contributed by atoms with E-state index < -0.39 is 33.7 Å². The van der Waals surface area contributed by atoms with Crippen LogP contribution in [0.1, 0.15) is 11.1 Å². The van der Waals surface area contributed by atoms with Crippen LogP contribution in [0.15, 0.2) is 60.7 Å². The van der Waals surface area contributed by atoms with E-state index in [1.807, 2.05) is 6.07 Å². The largest absolute Gasteiger partial charge is 0.467 e. The van der Waals surface area contributed by atoms with Crippen LogP contribution >= 0.6 is 0 Å². The van der Waals surface area contributed by atoms with Gasteiger partial charge in [-0.2, -0.15) is 0 Å². The predicted molar refractivity (Wildman–Crippen MR) is 99.5 cm³/mol. The number of carbonyl (C=O) groups is 2. The van der Waals surface area contributed by atoms with Gasteiger partial charge in [-0.25, -0.2) is 18.0 Å². The highest BCUT2D eigenvalue weighted by atomic mass is 32.2. The molecular weight excluding hydrogens is 370 g/mol. The smallest absolute Gasteiger partial charge is 0.408 e. The van der Waals surface area contributed by atoms with E-state index in [2.05, 4.69) is 10.1 Å². The van der Waals surface area contributed by atoms with Crippen molar-refractivity contribution in [3.8, 4) is 0 Å². The van der Waals surface area contributed by atoms with Crippen molar-refractivity contribution in [2.75, 3.05) is 12.9 Å². The van der Waals surface area contributed by atoms with Crippen molar-refractivity contribution >= 4 is 21.9 Å². The Labute approximate surface area is 158 Å². The Bertz CT molecular complexity index is 852. The molecule has 144 valence electrons. The lowest BCUT2D eigenvalue weighted by Gasteiger charge is -2.16. The van der Waals surface area contributed by atoms with Crippen molar-refractivity contribution < 1.29 is 27.5 Å². The highest BCUT2D eigenvalue weighted by molar-refractivity contribution is 7.90. The summed E-state index contributed by atoms with van der Waals surface area (Å²) in [6.07, 6.45) is -0.899. The number of sulfone groups is 1. The second-order valence-electron chi connectivity index (χ2n) is 5.82. The third-order valence-corrected chi connectivity index (χ3v) is 5.25. The zero-order chi connectivity index (χ0) is 19.7. The number of methoxy groups -OCH3 is 1. The molecule has 0 spiro atoms. The molecule has 0 aromatic heterocycles. The van der Waals surface area contributed by atoms with E-state index in [1.165, 1.54) is 0 Å². The highest BCUT2D eigenvalue weighted by Crippen LogP contribution is 2.09. The molecule has 0 aliphatic rings. The fourth-order valence-electron chi connectivity index (χ4n) is 2.36. The predicted octanol–water partition coefficient (Wildman–Crippen LogP) is 2.07. The van der Waals surface area contributed by atoms with Gasteiger partial charge in [0.25, 0.3) is 0 Å². The number of amides is 1. The molecule has 1 N–H and O–H groups in total. The molecule has 0 fully saturated rings. The van der Waals surface area contributed by atoms with E-state index in [0.717, 1.165) is 12.7 Å². The number of carbonyl (C=O) groups excluding carboxylic acids is 2. The van der Waals surface area contributed by atoms with Gasteiger partial charge in [-0.1, -0.05) is 60.7 Å². The summed E-state index contributed by atoms with van der Waals surface area (Å²) in [5.41, 5.74) is 1.35. The van der Waals surface area contributed by atoms with Gasteiger partial charge in [0.15, 0.2) is 9.84 Å². The Kier molecular flexibility index (Phi) is 7.36. The fraction of sp³-hybridized carbons (Fsp3) is 0.263. The van der Waals surface area contributed by atoms with E-state index in [4.69, 9.17) is 4.74 Å². The molecule has 8 heteroatoms. The molecule has 0 saturated carbocycles. The van der Waals surface area contributed by atoms with Crippen LogP contribution in [0.5, 0.6) is 0 Å². The topological polar surface area (TPSA) is 98.8 Å². The maximum atomic E-state index is 12.4. The SMILES string of the molecule is COC(=O)[C@H](CS(=O)(=O)Cc1ccccc1)NC(=O)OCc1ccccc1. The van der Waals surface area contributed by atoms with Crippen molar-refractivity contribution in [3.05, 3.63) is 71.8 Å². The van der Waals surface area contributed by atoms with Gasteiger partial charge in [-0.3, -0.25) is 0 Å². The van der Waals surface area contributed by atoms with Crippen LogP contribution < -0.4 is 5.32 Å². The standard InChI is InChI=1S/C19H21NO6S/c1-25-18(21)17(14-27(23,24)13-16-10-6-3-7-11-16)20-19(22)26-12-15-8-4-2-5-9-15/h2-11,17H,12-14H2,1H3,(H,20,22)/t17-/m0/s1. The number of hydrogen-bond acceptors (Lipinski definition) is 6. The Morgan fingerprint density at radius 1 is 0.963 bits per heavy atom. The van der Waals surface area contributed by atoms with Crippen LogP contribution in [0.2, 0.25) is 0 Å². The first-order chi connectivity index (χ1) is 12.9. The van der Waals surface area contributed by atoms with E-state index in [0.29, 0.717) is 5.56 Å². The van der Waals surface area contributed by atoms with Gasteiger partial charge >= 0.3 is 12.1 Å². The quantitative estimate of drug-likeness (QED) is 0.692. The third kappa shape index (κ3) is 7.10. The summed E-state index contributed by atoms with van der Waals surface area (Å²) in [5, 5.41) is 2.26. The average Bonchev–Trinajstić information content (AvgIpc) is 2.66. The molecule has 1 atom stereocenters. The van der Waals surface area contributed by atoms with Gasteiger partial charge in [0.05, 0.1) is 18.6 Å². The molecule has 0 radical (unpaired) electrons. The van der Waals surface area contributed by atoms with Crippen LogP contribution in [-0.2, 0) is 36.5 Å². The zero-order valence-electron chi connectivity index (χ0n) is 14.8. The van der Waals surface area contributed by atoms with Crippen molar-refractivity contribution in [1.29, 1.82) is 0 Å². The van der Waals surface area contributed by atoms with Crippen LogP contribution in [0.25, 0.3) is 0 Å². The van der Waals surface area contributed by atoms with Crippen molar-refractivity contribution in [1.82, 2.24) is 5.32 Å². The Balaban J connectivity index is 1.97. The second kappa shape index (κ2) is 9.72. The molecule has 2 rings (SSSR count). The first-order valence-corrected chi connectivity index (χ1v) is 10.0. The zero-order valence-corrected chi connectivity index (χ0v) is 15.6. The number of benzene rings is 2. The van der Waals surface area contributed by atoms with E-state index in [-0.39, 0.29) is 12.4 Å². The maximum absolute atomic E-state index is 12.4. The van der Waals surface area contributed by atoms with E-state index in [1.54, 1.807) is 54.6 Å². The van der Waals surface area contributed by atoms with Gasteiger partial charge in [0, 0.05) is 0 Å². The lowest BCUT2D eigenvalue weighted by molar-refractivity contribution is -0.142. The van der Waals surface area contributed by atoms with E-state index in [9.17, 15) is 18.0 Å². The third-order valence-electron chi connectivity index (χ3n) is 3.64. The molecule has 2 aromatic rings. The number of ether oxygens (including phenoxy) is 2. The normalized spacial score (nSPS) is 12.0. The van der Waals surface area contributed by atoms with Gasteiger partial charge < -0.3 is 14.8 Å². The molecule has 0 unspecified atom stereocenters. The first-order valence-electron chi connectivity index (χ1n) is 8.19. The van der Waals surface area contributed by atoms with Crippen LogP contribution in [0.4, 0.5) is 4.79 Å². The number of alkyl carbamates (subject to hydrolysis) is 1. The van der Waals surface area contributed by atoms with Crippen LogP contribution in [0.3, 0.4) is 0 Å². The van der Waals surface area contributed by atoms with Crippen molar-refractivity contribution in [2.45, 2.75) is 18.4 Å². The van der Waals surface area contributed by atoms with Gasteiger partial charge in [-0.15, -0.1) is 0 Å². The summed E-state index contributed by atoms with van der Waals surface area (Å²) in [7, 11) is -2.55. The van der Waals surface area contributed by atoms with Gasteiger partial charge in [0.1, 0.15) is 12.6 Å². The summed E-state index contributed by atoms with van der Waals surface area (Å²) in [6, 6.07) is 16.2. The number of rotatable bonds is 8. The number of nitrogens with one attached hydrogen (secondary N) is 1. The Hall–Kier alpha value is -2.87. The number of esters is 1. The molecule has 27 heavy (non-hydrogen) atoms. The minimum absolute atomic E-state index is 0.00265. The molecule has 0 aliphatic carbocycles. The lowest BCUT2D eigenvalue weighted by Crippen LogP contribution is -2.46. The summed E-state index contributed by atoms with van der Waals surface area (Å²) in [4.78, 5) is 23.9. The van der Waals surface area contributed by atoms with Gasteiger partial charge in [-0.05, 0) is 11.1 Å². The number of hydrogen-bond donors (Lipinski definition) is 1.